The summed E-state index contributed by atoms with van der Waals surface area (Å²) in [5.74, 6) is -0.295. The molecule has 0 aliphatic carbocycles. The molecule has 26 heavy (non-hydrogen) atoms. The fourth-order valence-corrected chi connectivity index (χ4v) is 3.40. The van der Waals surface area contributed by atoms with E-state index >= 15 is 0 Å². The predicted molar refractivity (Wildman–Crippen MR) is 96.0 cm³/mol. The molecule has 3 aromatic rings. The van der Waals surface area contributed by atoms with Crippen LogP contribution in [-0.4, -0.2) is 46.2 Å². The molecule has 0 amide bonds. The van der Waals surface area contributed by atoms with Gasteiger partial charge in [0, 0.05) is 18.7 Å². The molecule has 0 radical (unpaired) electrons. The molecule has 0 N–H and O–H groups in total. The zero-order valence-corrected chi connectivity index (χ0v) is 14.6. The third-order valence-corrected chi connectivity index (χ3v) is 4.45. The monoisotopic (exact) mass is 354 g/mol. The zero-order valence-electron chi connectivity index (χ0n) is 14.6. The number of aldehydes is 1. The number of rotatable bonds is 3. The van der Waals surface area contributed by atoms with Gasteiger partial charge in [-0.1, -0.05) is 0 Å². The Morgan fingerprint density at radius 1 is 1.19 bits per heavy atom. The van der Waals surface area contributed by atoms with E-state index in [-0.39, 0.29) is 18.0 Å². The van der Waals surface area contributed by atoms with Gasteiger partial charge >= 0.3 is 0 Å². The van der Waals surface area contributed by atoms with Crippen LogP contribution in [0.15, 0.2) is 36.5 Å². The van der Waals surface area contributed by atoms with Crippen LogP contribution in [0.5, 0.6) is 0 Å². The van der Waals surface area contributed by atoms with E-state index in [1.807, 2.05) is 19.9 Å². The number of carbonyl (C=O) groups excluding carboxylic acids is 1. The lowest BCUT2D eigenvalue weighted by Gasteiger charge is -2.36. The van der Waals surface area contributed by atoms with Gasteiger partial charge in [0.2, 0.25) is 0 Å². The highest BCUT2D eigenvalue weighted by atomic mass is 19.1. The minimum absolute atomic E-state index is 0.0849. The van der Waals surface area contributed by atoms with Gasteiger partial charge in [0.15, 0.2) is 11.9 Å². The number of ether oxygens (including phenoxy) is 1. The van der Waals surface area contributed by atoms with Crippen LogP contribution in [0, 0.1) is 5.82 Å². The molecule has 6 nitrogen and oxygen atoms in total. The maximum atomic E-state index is 13.3. The summed E-state index contributed by atoms with van der Waals surface area (Å²) in [6.45, 7) is 5.50. The lowest BCUT2D eigenvalue weighted by Crippen LogP contribution is -2.45. The van der Waals surface area contributed by atoms with Crippen molar-refractivity contribution in [2.45, 2.75) is 26.1 Å². The number of fused-ring (bicyclic) bond motifs is 1. The summed E-state index contributed by atoms with van der Waals surface area (Å²) >= 11 is 0. The maximum Gasteiger partial charge on any atom is 0.177 e. The first-order valence-electron chi connectivity index (χ1n) is 8.55. The summed E-state index contributed by atoms with van der Waals surface area (Å²) in [7, 11) is 0. The van der Waals surface area contributed by atoms with E-state index in [4.69, 9.17) is 4.74 Å². The maximum absolute atomic E-state index is 13.3. The lowest BCUT2D eigenvalue weighted by molar-refractivity contribution is -0.00516. The average molecular weight is 354 g/mol. The van der Waals surface area contributed by atoms with Crippen molar-refractivity contribution in [3.05, 3.63) is 48.0 Å². The predicted octanol–water partition coefficient (Wildman–Crippen LogP) is 2.96. The quantitative estimate of drug-likeness (QED) is 0.677. The zero-order chi connectivity index (χ0) is 18.3. The summed E-state index contributed by atoms with van der Waals surface area (Å²) in [6, 6.07) is 8.13. The van der Waals surface area contributed by atoms with Crippen molar-refractivity contribution in [3.8, 4) is 11.3 Å². The normalized spacial score (nSPS) is 20.5. The minimum Gasteiger partial charge on any atom is -0.372 e. The number of imidazole rings is 1. The van der Waals surface area contributed by atoms with Crippen molar-refractivity contribution < 1.29 is 13.9 Å². The molecule has 2 aromatic heterocycles. The third kappa shape index (κ3) is 3.06. The molecule has 1 aliphatic heterocycles. The molecule has 1 aromatic carbocycles. The summed E-state index contributed by atoms with van der Waals surface area (Å²) in [4.78, 5) is 17.8. The number of morpholine rings is 1. The van der Waals surface area contributed by atoms with Crippen LogP contribution in [0.1, 0.15) is 24.3 Å². The van der Waals surface area contributed by atoms with Crippen molar-refractivity contribution in [2.75, 3.05) is 18.0 Å². The van der Waals surface area contributed by atoms with E-state index in [0.29, 0.717) is 23.3 Å². The highest BCUT2D eigenvalue weighted by Gasteiger charge is 2.25. The van der Waals surface area contributed by atoms with Crippen molar-refractivity contribution >= 4 is 17.6 Å². The van der Waals surface area contributed by atoms with Crippen molar-refractivity contribution in [2.24, 2.45) is 0 Å². The number of nitrogens with zero attached hydrogens (tertiary/aromatic N) is 4. The Balaban J connectivity index is 1.87. The second-order valence-corrected chi connectivity index (χ2v) is 6.64. The number of hydrogen-bond donors (Lipinski definition) is 0. The molecule has 134 valence electrons. The molecule has 1 saturated heterocycles. The Labute approximate surface area is 150 Å². The average Bonchev–Trinajstić information content (AvgIpc) is 3.04. The summed E-state index contributed by atoms with van der Waals surface area (Å²) in [5, 5.41) is 4.55. The first kappa shape index (κ1) is 16.7. The number of hydrogen-bond acceptors (Lipinski definition) is 5. The van der Waals surface area contributed by atoms with Gasteiger partial charge in [-0.3, -0.25) is 4.79 Å². The second-order valence-electron chi connectivity index (χ2n) is 6.64. The molecule has 2 atom stereocenters. The Bertz CT molecular complexity index is 944. The number of halogens is 1. The molecular weight excluding hydrogens is 335 g/mol. The van der Waals surface area contributed by atoms with Crippen LogP contribution >= 0.6 is 0 Å². The van der Waals surface area contributed by atoms with Crippen LogP contribution in [0.3, 0.4) is 0 Å². The summed E-state index contributed by atoms with van der Waals surface area (Å²) < 4.78 is 20.7. The lowest BCUT2D eigenvalue weighted by atomic mass is 10.1. The van der Waals surface area contributed by atoms with Gasteiger partial charge in [-0.25, -0.2) is 13.9 Å². The molecule has 4 rings (SSSR count). The molecule has 2 unspecified atom stereocenters. The van der Waals surface area contributed by atoms with E-state index in [0.717, 1.165) is 24.3 Å². The van der Waals surface area contributed by atoms with E-state index in [1.165, 1.54) is 12.1 Å². The Kier molecular flexibility index (Phi) is 4.16. The van der Waals surface area contributed by atoms with Gasteiger partial charge in [-0.05, 0) is 44.2 Å². The topological polar surface area (TPSA) is 59.7 Å². The standard InChI is InChI=1S/C19H19FN4O2/c1-12-8-23(9-13(2)26-12)18-7-17(14-3-5-15(20)6-4-14)22-24-10-16(11-25)21-19(18)24/h3-7,10-13H,8-9H2,1-2H3. The SMILES string of the molecule is CC1CN(c2cc(-c3ccc(F)cc3)nn3cc(C=O)nc23)CC(C)O1. The Morgan fingerprint density at radius 3 is 2.54 bits per heavy atom. The highest BCUT2D eigenvalue weighted by Crippen LogP contribution is 2.29. The first-order valence-corrected chi connectivity index (χ1v) is 8.55. The van der Waals surface area contributed by atoms with Crippen LogP contribution in [0.2, 0.25) is 0 Å². The van der Waals surface area contributed by atoms with Crippen molar-refractivity contribution in [3.63, 3.8) is 0 Å². The number of anilines is 1. The molecular formula is C19H19FN4O2. The largest absolute Gasteiger partial charge is 0.372 e. The molecule has 0 spiro atoms. The van der Waals surface area contributed by atoms with Crippen LogP contribution in [0.4, 0.5) is 10.1 Å². The second kappa shape index (κ2) is 6.49. The molecule has 3 heterocycles. The van der Waals surface area contributed by atoms with Gasteiger partial charge in [0.25, 0.3) is 0 Å². The van der Waals surface area contributed by atoms with E-state index in [9.17, 15) is 9.18 Å². The van der Waals surface area contributed by atoms with Crippen LogP contribution in [-0.2, 0) is 4.74 Å². The molecule has 0 saturated carbocycles. The first-order chi connectivity index (χ1) is 12.5. The van der Waals surface area contributed by atoms with E-state index in [2.05, 4.69) is 15.0 Å². The van der Waals surface area contributed by atoms with Gasteiger partial charge in [-0.15, -0.1) is 0 Å². The summed E-state index contributed by atoms with van der Waals surface area (Å²) in [6.07, 6.45) is 2.48. The smallest absolute Gasteiger partial charge is 0.177 e. The molecule has 0 bridgehead atoms. The van der Waals surface area contributed by atoms with Crippen molar-refractivity contribution in [1.82, 2.24) is 14.6 Å². The number of benzene rings is 1. The van der Waals surface area contributed by atoms with E-state index in [1.54, 1.807) is 22.8 Å². The fraction of sp³-hybridized carbons (Fsp3) is 0.316. The summed E-state index contributed by atoms with van der Waals surface area (Å²) in [5.41, 5.74) is 3.32. The minimum atomic E-state index is -0.295. The van der Waals surface area contributed by atoms with Gasteiger partial charge in [0.1, 0.15) is 11.5 Å². The number of aromatic nitrogens is 3. The van der Waals surface area contributed by atoms with Gasteiger partial charge < -0.3 is 9.64 Å². The third-order valence-electron chi connectivity index (χ3n) is 4.45. The fourth-order valence-electron chi connectivity index (χ4n) is 3.40. The Hall–Kier alpha value is -2.80. The highest BCUT2D eigenvalue weighted by molar-refractivity contribution is 5.79. The molecule has 1 aliphatic rings. The molecule has 7 heteroatoms. The van der Waals surface area contributed by atoms with Gasteiger partial charge in [0.05, 0.1) is 29.8 Å². The van der Waals surface area contributed by atoms with Crippen LogP contribution < -0.4 is 4.90 Å². The van der Waals surface area contributed by atoms with Gasteiger partial charge in [-0.2, -0.15) is 5.10 Å². The number of carbonyl (C=O) groups is 1. The van der Waals surface area contributed by atoms with Crippen molar-refractivity contribution in [1.29, 1.82) is 0 Å². The Morgan fingerprint density at radius 2 is 1.88 bits per heavy atom. The molecule has 1 fully saturated rings. The van der Waals surface area contributed by atoms with E-state index < -0.39 is 0 Å². The van der Waals surface area contributed by atoms with Crippen LogP contribution in [0.25, 0.3) is 16.9 Å².